The van der Waals surface area contributed by atoms with Gasteiger partial charge < -0.3 is 30.0 Å². The van der Waals surface area contributed by atoms with Crippen LogP contribution in [0, 0.1) is 0 Å². The Balaban J connectivity index is 1.21. The highest BCUT2D eigenvalue weighted by atomic mass is 35.5. The summed E-state index contributed by atoms with van der Waals surface area (Å²) in [6.45, 7) is 1.68. The van der Waals surface area contributed by atoms with Gasteiger partial charge in [0.15, 0.2) is 5.01 Å². The normalized spacial score (nSPS) is 25.6. The maximum atomic E-state index is 13.2. The van der Waals surface area contributed by atoms with Crippen molar-refractivity contribution in [2.24, 2.45) is 0 Å². The molecule has 4 unspecified atom stereocenters. The van der Waals surface area contributed by atoms with Gasteiger partial charge in [0.05, 0.1) is 17.8 Å². The molecule has 36 heavy (non-hydrogen) atoms. The van der Waals surface area contributed by atoms with E-state index < -0.39 is 30.4 Å². The van der Waals surface area contributed by atoms with Gasteiger partial charge in [-0.1, -0.05) is 11.6 Å². The third-order valence-electron chi connectivity index (χ3n) is 6.94. The fourth-order valence-electron chi connectivity index (χ4n) is 5.10. The number of carbonyl (C=O) groups excluding carboxylic acids is 3. The van der Waals surface area contributed by atoms with Crippen molar-refractivity contribution in [3.8, 4) is 0 Å². The molecule has 2 amide bonds. The molecule has 0 radical (unpaired) electrons. The highest BCUT2D eigenvalue weighted by molar-refractivity contribution is 7.13. The number of hydrogen-bond acceptors (Lipinski definition) is 8. The molecule has 1 saturated heterocycles. The van der Waals surface area contributed by atoms with Crippen molar-refractivity contribution in [2.45, 2.75) is 50.1 Å². The summed E-state index contributed by atoms with van der Waals surface area (Å²) in [5.74, 6) is -0.631. The molecule has 0 spiro atoms. The number of carbonyl (C=O) groups is 3. The van der Waals surface area contributed by atoms with Crippen molar-refractivity contribution >= 4 is 51.8 Å². The van der Waals surface area contributed by atoms with E-state index in [1.807, 2.05) is 13.1 Å². The first-order valence-corrected chi connectivity index (χ1v) is 13.0. The minimum Gasteiger partial charge on any atom is -0.427 e. The van der Waals surface area contributed by atoms with Gasteiger partial charge in [-0.05, 0) is 31.3 Å². The molecule has 4 atom stereocenters. The van der Waals surface area contributed by atoms with E-state index in [1.165, 1.54) is 11.3 Å². The molecule has 1 aliphatic carbocycles. The average molecular weight is 530 g/mol. The van der Waals surface area contributed by atoms with Gasteiger partial charge in [-0.25, -0.2) is 9.78 Å². The minimum absolute atomic E-state index is 0.301. The lowest BCUT2D eigenvalue weighted by Gasteiger charge is -2.36. The summed E-state index contributed by atoms with van der Waals surface area (Å²) >= 11 is 7.46. The summed E-state index contributed by atoms with van der Waals surface area (Å²) in [5.41, 5.74) is 2.12. The van der Waals surface area contributed by atoms with Crippen LogP contribution < -0.4 is 10.6 Å². The van der Waals surface area contributed by atoms with E-state index in [0.29, 0.717) is 28.6 Å². The van der Waals surface area contributed by atoms with E-state index in [4.69, 9.17) is 21.1 Å². The van der Waals surface area contributed by atoms with E-state index in [0.717, 1.165) is 41.0 Å². The van der Waals surface area contributed by atoms with Crippen molar-refractivity contribution < 1.29 is 23.9 Å². The number of thiazole rings is 1. The van der Waals surface area contributed by atoms with Crippen LogP contribution in [-0.4, -0.2) is 70.7 Å². The number of nitrogens with one attached hydrogen (secondary N) is 3. The summed E-state index contributed by atoms with van der Waals surface area (Å²) in [6, 6.07) is 6.11. The van der Waals surface area contributed by atoms with Crippen molar-refractivity contribution in [2.75, 3.05) is 13.6 Å². The lowest BCUT2D eigenvalue weighted by Crippen LogP contribution is -2.58. The van der Waals surface area contributed by atoms with E-state index in [2.05, 4.69) is 25.5 Å². The Kier molecular flexibility index (Phi) is 5.85. The molecule has 188 valence electrons. The molecule has 0 bridgehead atoms. The summed E-state index contributed by atoms with van der Waals surface area (Å²) in [5, 5.41) is 7.83. The van der Waals surface area contributed by atoms with Gasteiger partial charge in [0.25, 0.3) is 11.8 Å². The monoisotopic (exact) mass is 529 g/mol. The number of amides is 2. The number of likely N-dealkylation sites (N-methyl/N-ethyl adjacent to an activating group) is 1. The Morgan fingerprint density at radius 2 is 1.86 bits per heavy atom. The average Bonchev–Trinajstić information content (AvgIpc) is 3.54. The highest BCUT2D eigenvalue weighted by Crippen LogP contribution is 2.31. The number of rotatable bonds is 4. The first-order chi connectivity index (χ1) is 17.3. The molecule has 10 nitrogen and oxygen atoms in total. The third kappa shape index (κ3) is 4.42. The van der Waals surface area contributed by atoms with Crippen LogP contribution in [0.3, 0.4) is 0 Å². The van der Waals surface area contributed by atoms with Crippen molar-refractivity contribution in [3.05, 3.63) is 50.6 Å². The smallest absolute Gasteiger partial charge is 0.427 e. The molecular formula is C24H24ClN5O5S. The van der Waals surface area contributed by atoms with Gasteiger partial charge in [0.1, 0.15) is 17.9 Å². The van der Waals surface area contributed by atoms with Crippen LogP contribution in [0.15, 0.2) is 24.3 Å². The number of nitrogens with zero attached hydrogens (tertiary/aromatic N) is 2. The van der Waals surface area contributed by atoms with Crippen molar-refractivity contribution in [1.29, 1.82) is 0 Å². The summed E-state index contributed by atoms with van der Waals surface area (Å²) in [4.78, 5) is 49.0. The molecule has 3 aliphatic rings. The predicted octanol–water partition coefficient (Wildman–Crippen LogP) is 2.86. The largest absolute Gasteiger partial charge is 0.509 e. The first kappa shape index (κ1) is 23.3. The van der Waals surface area contributed by atoms with Gasteiger partial charge in [0, 0.05) is 53.2 Å². The number of aromatic amines is 1. The van der Waals surface area contributed by atoms with Crippen LogP contribution in [0.5, 0.6) is 0 Å². The number of H-pyrrole nitrogens is 1. The molecule has 4 heterocycles. The number of benzene rings is 1. The number of ether oxygens (including phenoxy) is 2. The molecule has 12 heteroatoms. The molecule has 2 aliphatic heterocycles. The number of fused-ring (bicyclic) bond motifs is 3. The second-order valence-electron chi connectivity index (χ2n) is 9.49. The van der Waals surface area contributed by atoms with Crippen molar-refractivity contribution in [1.82, 2.24) is 25.5 Å². The Hall–Kier alpha value is -3.15. The predicted molar refractivity (Wildman–Crippen MR) is 132 cm³/mol. The summed E-state index contributed by atoms with van der Waals surface area (Å²) in [7, 11) is 2.04. The highest BCUT2D eigenvalue weighted by Gasteiger charge is 2.47. The van der Waals surface area contributed by atoms with E-state index in [-0.39, 0.29) is 11.8 Å². The Labute approximate surface area is 215 Å². The summed E-state index contributed by atoms with van der Waals surface area (Å²) < 4.78 is 10.6. The van der Waals surface area contributed by atoms with Crippen LogP contribution >= 0.6 is 22.9 Å². The molecular weight excluding hydrogens is 506 g/mol. The zero-order valence-corrected chi connectivity index (χ0v) is 20.9. The van der Waals surface area contributed by atoms with E-state index in [1.54, 1.807) is 18.2 Å². The zero-order chi connectivity index (χ0) is 25.0. The number of halogens is 1. The minimum atomic E-state index is -0.730. The van der Waals surface area contributed by atoms with Crippen LogP contribution in [0.25, 0.3) is 10.9 Å². The molecule has 1 aromatic carbocycles. The second-order valence-corrected chi connectivity index (χ2v) is 11.0. The SMILES string of the molecule is CN1CCc2nc(C(=O)NC3CC4OC(=O)OC4CC3NC(=O)c3cc4cc(Cl)ccc4[nH]3)sc2C1. The fourth-order valence-corrected chi connectivity index (χ4v) is 6.37. The molecule has 3 aromatic rings. The van der Waals surface area contributed by atoms with Gasteiger partial charge in [-0.15, -0.1) is 11.3 Å². The van der Waals surface area contributed by atoms with Crippen LogP contribution in [0.2, 0.25) is 5.02 Å². The maximum absolute atomic E-state index is 13.2. The standard InChI is InChI=1S/C24H24ClN5O5S/c1-30-5-4-14-20(10-30)36-23(29-14)22(32)28-16-9-19-18(34-24(33)35-19)8-15(16)27-21(31)17-7-11-6-12(25)2-3-13(11)26-17/h2-3,6-7,15-16,18-19,26H,4-5,8-10H2,1H3,(H,27,31)(H,28,32). The lowest BCUT2D eigenvalue weighted by atomic mass is 9.86. The molecule has 6 rings (SSSR count). The topological polar surface area (TPSA) is 126 Å². The first-order valence-electron chi connectivity index (χ1n) is 11.8. The molecule has 2 fully saturated rings. The third-order valence-corrected chi connectivity index (χ3v) is 8.26. The lowest BCUT2D eigenvalue weighted by molar-refractivity contribution is 0.0593. The van der Waals surface area contributed by atoms with Crippen LogP contribution in [-0.2, 0) is 22.4 Å². The Morgan fingerprint density at radius 1 is 1.14 bits per heavy atom. The molecule has 3 N–H and O–H groups in total. The van der Waals surface area contributed by atoms with E-state index >= 15 is 0 Å². The zero-order valence-electron chi connectivity index (χ0n) is 19.4. The number of aromatic nitrogens is 2. The van der Waals surface area contributed by atoms with Gasteiger partial charge in [0.2, 0.25) is 0 Å². The van der Waals surface area contributed by atoms with Gasteiger partial charge >= 0.3 is 6.16 Å². The quantitative estimate of drug-likeness (QED) is 0.444. The molecule has 2 aromatic heterocycles. The van der Waals surface area contributed by atoms with E-state index in [9.17, 15) is 14.4 Å². The summed E-state index contributed by atoms with van der Waals surface area (Å²) in [6.07, 6.45) is -0.248. The number of hydrogen-bond donors (Lipinski definition) is 3. The van der Waals surface area contributed by atoms with Gasteiger partial charge in [-0.3, -0.25) is 9.59 Å². The van der Waals surface area contributed by atoms with Crippen molar-refractivity contribution in [3.63, 3.8) is 0 Å². The van der Waals surface area contributed by atoms with Gasteiger partial charge in [-0.2, -0.15) is 0 Å². The maximum Gasteiger partial charge on any atom is 0.509 e. The molecule has 1 saturated carbocycles. The van der Waals surface area contributed by atoms with Crippen LogP contribution in [0.1, 0.15) is 43.7 Å². The fraction of sp³-hybridized carbons (Fsp3) is 0.417. The second kappa shape index (κ2) is 9.06. The van der Waals surface area contributed by atoms with Crippen LogP contribution in [0.4, 0.5) is 4.79 Å². The Bertz CT molecular complexity index is 1370. The Morgan fingerprint density at radius 3 is 2.61 bits per heavy atom.